The smallest absolute Gasteiger partial charge is 0.223 e. The summed E-state index contributed by atoms with van der Waals surface area (Å²) in [6, 6.07) is 0. The predicted molar refractivity (Wildman–Crippen MR) is 50.4 cm³/mol. The van der Waals surface area contributed by atoms with Gasteiger partial charge in [-0.2, -0.15) is 4.98 Å². The molecule has 0 amide bonds. The molecule has 0 saturated heterocycles. The molecule has 0 aliphatic carbocycles. The summed E-state index contributed by atoms with van der Waals surface area (Å²) in [5.74, 6) is 0.208. The highest BCUT2D eigenvalue weighted by Gasteiger charge is 2.00. The molecule has 2 aromatic heterocycles. The Bertz CT molecular complexity index is 420. The van der Waals surface area contributed by atoms with E-state index in [2.05, 4.69) is 24.9 Å². The van der Waals surface area contributed by atoms with Crippen LogP contribution < -0.4 is 5.73 Å². The lowest BCUT2D eigenvalue weighted by molar-refractivity contribution is 0.914. The van der Waals surface area contributed by atoms with Crippen molar-refractivity contribution >= 4 is 17.7 Å². The quantitative estimate of drug-likeness (QED) is 0.760. The molecule has 0 spiro atoms. The van der Waals surface area contributed by atoms with Crippen LogP contribution in [0.5, 0.6) is 0 Å². The monoisotopic (exact) mass is 206 g/mol. The molecule has 2 aromatic rings. The molecule has 2 N–H and O–H groups in total. The first kappa shape index (κ1) is 8.82. The summed E-state index contributed by atoms with van der Waals surface area (Å²) in [5.41, 5.74) is 5.41. The molecular formula is C7H6N6S. The van der Waals surface area contributed by atoms with Gasteiger partial charge in [-0.15, -0.1) is 0 Å². The number of aromatic nitrogens is 5. The second-order valence-corrected chi connectivity index (χ2v) is 3.34. The normalized spacial score (nSPS) is 10.0. The van der Waals surface area contributed by atoms with Gasteiger partial charge in [-0.05, 0) is 11.8 Å². The molecule has 0 aromatic carbocycles. The predicted octanol–water partition coefficient (Wildman–Crippen LogP) is 0.395. The molecule has 0 aliphatic heterocycles. The van der Waals surface area contributed by atoms with Gasteiger partial charge in [0.15, 0.2) is 5.16 Å². The number of anilines is 1. The zero-order valence-electron chi connectivity index (χ0n) is 7.03. The van der Waals surface area contributed by atoms with Gasteiger partial charge in [0.2, 0.25) is 5.95 Å². The Kier molecular flexibility index (Phi) is 2.50. The van der Waals surface area contributed by atoms with E-state index in [-0.39, 0.29) is 5.95 Å². The summed E-state index contributed by atoms with van der Waals surface area (Å²) >= 11 is 1.33. The minimum Gasteiger partial charge on any atom is -0.368 e. The van der Waals surface area contributed by atoms with Crippen LogP contribution in [0.1, 0.15) is 0 Å². The number of nitrogens with two attached hydrogens (primary N) is 1. The van der Waals surface area contributed by atoms with Gasteiger partial charge in [-0.3, -0.25) is 0 Å². The van der Waals surface area contributed by atoms with Gasteiger partial charge in [-0.25, -0.2) is 19.9 Å². The molecule has 0 unspecified atom stereocenters. The van der Waals surface area contributed by atoms with Crippen molar-refractivity contribution in [1.29, 1.82) is 0 Å². The molecule has 6 nitrogen and oxygen atoms in total. The van der Waals surface area contributed by atoms with E-state index in [4.69, 9.17) is 5.73 Å². The van der Waals surface area contributed by atoms with Crippen molar-refractivity contribution in [1.82, 2.24) is 24.9 Å². The van der Waals surface area contributed by atoms with E-state index < -0.39 is 0 Å². The summed E-state index contributed by atoms with van der Waals surface area (Å²) in [4.78, 5) is 20.2. The fourth-order valence-electron chi connectivity index (χ4n) is 0.786. The van der Waals surface area contributed by atoms with Crippen LogP contribution in [0.25, 0.3) is 0 Å². The number of hydrogen-bond acceptors (Lipinski definition) is 7. The van der Waals surface area contributed by atoms with Gasteiger partial charge < -0.3 is 5.73 Å². The summed E-state index contributed by atoms with van der Waals surface area (Å²) in [5, 5.41) is 0.535. The molecule has 0 atom stereocenters. The molecule has 0 radical (unpaired) electrons. The van der Waals surface area contributed by atoms with Crippen LogP contribution in [-0.4, -0.2) is 24.9 Å². The zero-order valence-corrected chi connectivity index (χ0v) is 7.85. The second kappa shape index (κ2) is 3.97. The zero-order chi connectivity index (χ0) is 9.80. The number of rotatable bonds is 2. The fourth-order valence-corrected chi connectivity index (χ4v) is 1.46. The standard InChI is InChI=1S/C7H6N6S/c8-6-11-4-12-7(13-6)14-5-1-9-3-10-2-5/h1-4H,(H2,8,11,12,13). The minimum absolute atomic E-state index is 0.208. The van der Waals surface area contributed by atoms with Crippen molar-refractivity contribution in [3.8, 4) is 0 Å². The Morgan fingerprint density at radius 2 is 1.86 bits per heavy atom. The van der Waals surface area contributed by atoms with E-state index in [1.807, 2.05) is 0 Å². The topological polar surface area (TPSA) is 90.5 Å². The third kappa shape index (κ3) is 2.13. The minimum atomic E-state index is 0.208. The SMILES string of the molecule is Nc1ncnc(Sc2cncnc2)n1. The molecule has 2 rings (SSSR count). The molecule has 7 heteroatoms. The Hall–Kier alpha value is -1.76. The van der Waals surface area contributed by atoms with E-state index in [1.54, 1.807) is 12.4 Å². The second-order valence-electron chi connectivity index (χ2n) is 2.30. The highest BCUT2D eigenvalue weighted by molar-refractivity contribution is 7.99. The first-order chi connectivity index (χ1) is 6.84. The molecule has 0 fully saturated rings. The van der Waals surface area contributed by atoms with Crippen LogP contribution >= 0.6 is 11.8 Å². The fraction of sp³-hybridized carbons (Fsp3) is 0. The van der Waals surface area contributed by atoms with Gasteiger partial charge in [0.25, 0.3) is 0 Å². The Morgan fingerprint density at radius 1 is 1.07 bits per heavy atom. The van der Waals surface area contributed by atoms with Gasteiger partial charge in [-0.1, -0.05) is 0 Å². The van der Waals surface area contributed by atoms with E-state index in [0.717, 1.165) is 4.90 Å². The van der Waals surface area contributed by atoms with Crippen molar-refractivity contribution in [3.63, 3.8) is 0 Å². The van der Waals surface area contributed by atoms with Gasteiger partial charge in [0.1, 0.15) is 12.7 Å². The average Bonchev–Trinajstić information content (AvgIpc) is 2.19. The molecule has 0 aliphatic rings. The maximum absolute atomic E-state index is 5.41. The summed E-state index contributed by atoms with van der Waals surface area (Å²) < 4.78 is 0. The van der Waals surface area contributed by atoms with Crippen LogP contribution in [0.2, 0.25) is 0 Å². The van der Waals surface area contributed by atoms with E-state index in [1.165, 1.54) is 24.4 Å². The maximum Gasteiger partial charge on any atom is 0.223 e. The number of nitrogen functional groups attached to an aromatic ring is 1. The van der Waals surface area contributed by atoms with Gasteiger partial charge >= 0.3 is 0 Å². The lowest BCUT2D eigenvalue weighted by Gasteiger charge is -1.97. The summed E-state index contributed by atoms with van der Waals surface area (Å²) in [7, 11) is 0. The molecule has 70 valence electrons. The molecule has 2 heterocycles. The van der Waals surface area contributed by atoms with Crippen LogP contribution in [0.15, 0.2) is 35.1 Å². The average molecular weight is 206 g/mol. The van der Waals surface area contributed by atoms with E-state index in [0.29, 0.717) is 5.16 Å². The molecule has 14 heavy (non-hydrogen) atoms. The van der Waals surface area contributed by atoms with Gasteiger partial charge in [0.05, 0.1) is 4.90 Å². The van der Waals surface area contributed by atoms with Crippen molar-refractivity contribution in [2.45, 2.75) is 10.1 Å². The third-order valence-corrected chi connectivity index (χ3v) is 2.14. The Labute approximate surface area is 84.0 Å². The Morgan fingerprint density at radius 3 is 2.57 bits per heavy atom. The number of nitrogens with zero attached hydrogens (tertiary/aromatic N) is 5. The van der Waals surface area contributed by atoms with Crippen LogP contribution in [0, 0.1) is 0 Å². The first-order valence-electron chi connectivity index (χ1n) is 3.72. The Balaban J connectivity index is 2.19. The van der Waals surface area contributed by atoms with Crippen LogP contribution in [0.4, 0.5) is 5.95 Å². The molecular weight excluding hydrogens is 200 g/mol. The summed E-state index contributed by atoms with van der Waals surface area (Å²) in [6.45, 7) is 0. The van der Waals surface area contributed by atoms with E-state index >= 15 is 0 Å². The van der Waals surface area contributed by atoms with Crippen molar-refractivity contribution in [2.75, 3.05) is 5.73 Å². The molecule has 0 bridgehead atoms. The van der Waals surface area contributed by atoms with Crippen molar-refractivity contribution < 1.29 is 0 Å². The lowest BCUT2D eigenvalue weighted by Crippen LogP contribution is -1.96. The van der Waals surface area contributed by atoms with Crippen molar-refractivity contribution in [3.05, 3.63) is 25.0 Å². The maximum atomic E-state index is 5.41. The molecule has 0 saturated carbocycles. The lowest BCUT2D eigenvalue weighted by atomic mass is 10.7. The highest BCUT2D eigenvalue weighted by atomic mass is 32.2. The largest absolute Gasteiger partial charge is 0.368 e. The van der Waals surface area contributed by atoms with Crippen LogP contribution in [-0.2, 0) is 0 Å². The highest BCUT2D eigenvalue weighted by Crippen LogP contribution is 2.21. The van der Waals surface area contributed by atoms with E-state index in [9.17, 15) is 0 Å². The van der Waals surface area contributed by atoms with Gasteiger partial charge in [0, 0.05) is 12.4 Å². The van der Waals surface area contributed by atoms with Crippen molar-refractivity contribution in [2.24, 2.45) is 0 Å². The number of hydrogen-bond donors (Lipinski definition) is 1. The summed E-state index contributed by atoms with van der Waals surface area (Å²) in [6.07, 6.45) is 6.19. The third-order valence-electron chi connectivity index (χ3n) is 1.31. The van der Waals surface area contributed by atoms with Crippen LogP contribution in [0.3, 0.4) is 0 Å². The first-order valence-corrected chi connectivity index (χ1v) is 4.53.